The normalized spacial score (nSPS) is 17.6. The van der Waals surface area contributed by atoms with Crippen LogP contribution in [0.15, 0.2) is 28.7 Å². The average Bonchev–Trinajstić information content (AvgIpc) is 2.64. The molecule has 0 saturated carbocycles. The van der Waals surface area contributed by atoms with E-state index in [1.54, 1.807) is 12.1 Å². The van der Waals surface area contributed by atoms with Gasteiger partial charge in [-0.15, -0.1) is 0 Å². The molecule has 0 spiro atoms. The number of nitrogens with one attached hydrogen (secondary N) is 3. The molecule has 0 radical (unpaired) electrons. The third-order valence-electron chi connectivity index (χ3n) is 4.75. The Morgan fingerprint density at radius 1 is 1.26 bits per heavy atom. The van der Waals surface area contributed by atoms with Gasteiger partial charge in [0.05, 0.1) is 11.3 Å². The van der Waals surface area contributed by atoms with Crippen LogP contribution < -0.4 is 16.0 Å². The maximum absolute atomic E-state index is 13.7. The molecule has 1 aromatic carbocycles. The molecule has 146 valence electrons. The van der Waals surface area contributed by atoms with Gasteiger partial charge in [0.2, 0.25) is 0 Å². The summed E-state index contributed by atoms with van der Waals surface area (Å²) < 4.78 is 42.0. The number of pyridine rings is 1. The number of hydrogen-bond donors (Lipinski definition) is 3. The molecular formula is C19H22BrF3N4. The predicted molar refractivity (Wildman–Crippen MR) is 106 cm³/mol. The van der Waals surface area contributed by atoms with Crippen LogP contribution >= 0.6 is 15.9 Å². The van der Waals surface area contributed by atoms with Crippen LogP contribution in [0.1, 0.15) is 35.6 Å². The topological polar surface area (TPSA) is 49.0 Å². The molecule has 1 unspecified atom stereocenters. The number of halogens is 4. The van der Waals surface area contributed by atoms with E-state index in [4.69, 9.17) is 0 Å². The van der Waals surface area contributed by atoms with E-state index in [1.165, 1.54) is 7.05 Å². The quantitative estimate of drug-likeness (QED) is 0.591. The number of anilines is 3. The Labute approximate surface area is 165 Å². The van der Waals surface area contributed by atoms with Gasteiger partial charge in [0, 0.05) is 29.4 Å². The summed E-state index contributed by atoms with van der Waals surface area (Å²) in [7, 11) is 1.54. The predicted octanol–water partition coefficient (Wildman–Crippen LogP) is 5.42. The van der Waals surface area contributed by atoms with E-state index in [9.17, 15) is 13.2 Å². The second-order valence-corrected chi connectivity index (χ2v) is 7.52. The van der Waals surface area contributed by atoms with Gasteiger partial charge in [-0.3, -0.25) is 0 Å². The minimum Gasteiger partial charge on any atom is -0.387 e. The molecule has 8 heteroatoms. The van der Waals surface area contributed by atoms with Gasteiger partial charge in [-0.05, 0) is 78.0 Å². The fraction of sp³-hybridized carbons (Fsp3) is 0.421. The molecule has 0 amide bonds. The zero-order valence-corrected chi connectivity index (χ0v) is 16.8. The molecule has 1 fully saturated rings. The van der Waals surface area contributed by atoms with Gasteiger partial charge in [-0.2, -0.15) is 13.2 Å². The van der Waals surface area contributed by atoms with E-state index in [1.807, 2.05) is 13.0 Å². The molecule has 0 aliphatic carbocycles. The lowest BCUT2D eigenvalue weighted by Crippen LogP contribution is -2.29. The van der Waals surface area contributed by atoms with Gasteiger partial charge in [0.25, 0.3) is 0 Å². The van der Waals surface area contributed by atoms with Gasteiger partial charge < -0.3 is 16.0 Å². The van der Waals surface area contributed by atoms with Gasteiger partial charge in [0.15, 0.2) is 0 Å². The van der Waals surface area contributed by atoms with Crippen molar-refractivity contribution < 1.29 is 13.2 Å². The second kappa shape index (κ2) is 8.06. The summed E-state index contributed by atoms with van der Waals surface area (Å²) in [6.45, 7) is 3.41. The van der Waals surface area contributed by atoms with Crippen LogP contribution in [0, 0.1) is 6.92 Å². The summed E-state index contributed by atoms with van der Waals surface area (Å²) in [6.07, 6.45) is -2.64. The minimum atomic E-state index is -4.45. The Bertz CT molecular complexity index is 817. The smallest absolute Gasteiger partial charge is 0.387 e. The van der Waals surface area contributed by atoms with Gasteiger partial charge in [-0.1, -0.05) is 0 Å². The van der Waals surface area contributed by atoms with Crippen LogP contribution in [0.25, 0.3) is 0 Å². The lowest BCUT2D eigenvalue weighted by atomic mass is 9.88. The van der Waals surface area contributed by atoms with Crippen molar-refractivity contribution in [3.63, 3.8) is 0 Å². The first-order valence-corrected chi connectivity index (χ1v) is 9.62. The highest BCUT2D eigenvalue weighted by molar-refractivity contribution is 9.10. The molecule has 2 heterocycles. The Morgan fingerprint density at radius 2 is 2.04 bits per heavy atom. The summed E-state index contributed by atoms with van der Waals surface area (Å²) >= 11 is 3.38. The van der Waals surface area contributed by atoms with Crippen molar-refractivity contribution in [3.05, 3.63) is 45.6 Å². The van der Waals surface area contributed by atoms with Crippen LogP contribution in [-0.4, -0.2) is 25.1 Å². The molecule has 1 aliphatic heterocycles. The van der Waals surface area contributed by atoms with E-state index in [-0.39, 0.29) is 11.6 Å². The van der Waals surface area contributed by atoms with Crippen molar-refractivity contribution in [2.24, 2.45) is 0 Å². The summed E-state index contributed by atoms with van der Waals surface area (Å²) in [5, 5.41) is 9.09. The number of aromatic nitrogens is 1. The summed E-state index contributed by atoms with van der Waals surface area (Å²) in [6, 6.07) is 6.50. The number of hydrogen-bond acceptors (Lipinski definition) is 4. The van der Waals surface area contributed by atoms with Crippen LogP contribution in [0.3, 0.4) is 0 Å². The van der Waals surface area contributed by atoms with Crippen LogP contribution in [-0.2, 0) is 6.18 Å². The van der Waals surface area contributed by atoms with E-state index < -0.39 is 11.7 Å². The Morgan fingerprint density at radius 3 is 2.63 bits per heavy atom. The molecule has 3 N–H and O–H groups in total. The molecule has 1 aliphatic rings. The molecule has 27 heavy (non-hydrogen) atoms. The molecular weight excluding hydrogens is 421 g/mol. The maximum atomic E-state index is 13.7. The highest BCUT2D eigenvalue weighted by Crippen LogP contribution is 2.42. The zero-order valence-electron chi connectivity index (χ0n) is 15.2. The van der Waals surface area contributed by atoms with Crippen LogP contribution in [0.2, 0.25) is 0 Å². The average molecular weight is 443 g/mol. The molecule has 4 nitrogen and oxygen atoms in total. The number of alkyl halides is 3. The molecule has 1 atom stereocenters. The first-order chi connectivity index (χ1) is 12.8. The number of nitrogens with zero attached hydrogens (tertiary/aromatic N) is 1. The standard InChI is InChI=1S/C19H22BrF3N4/c1-11-16(20)5-6-17(26-11)27-13-8-14(12-4-3-7-25-10-12)18(24-2)15(9-13)19(21,22)23/h5-6,8-9,12,24-25H,3-4,7,10H2,1-2H3,(H,26,27). The summed E-state index contributed by atoms with van der Waals surface area (Å²) in [5.74, 6) is 0.539. The molecule has 2 aromatic rings. The number of piperidine rings is 1. The Hall–Kier alpha value is -1.80. The lowest BCUT2D eigenvalue weighted by molar-refractivity contribution is -0.136. The molecule has 3 rings (SSSR count). The van der Waals surface area contributed by atoms with Crippen molar-refractivity contribution in [2.45, 2.75) is 31.9 Å². The first-order valence-electron chi connectivity index (χ1n) is 8.83. The van der Waals surface area contributed by atoms with Crippen LogP contribution in [0.4, 0.5) is 30.4 Å². The molecule has 0 bridgehead atoms. The third-order valence-corrected chi connectivity index (χ3v) is 5.59. The van der Waals surface area contributed by atoms with Gasteiger partial charge >= 0.3 is 6.18 Å². The molecule has 1 aromatic heterocycles. The van der Waals surface area contributed by atoms with E-state index in [0.29, 0.717) is 23.6 Å². The van der Waals surface area contributed by atoms with E-state index in [2.05, 4.69) is 36.9 Å². The number of rotatable bonds is 4. The largest absolute Gasteiger partial charge is 0.418 e. The van der Waals surface area contributed by atoms with Crippen molar-refractivity contribution in [3.8, 4) is 0 Å². The second-order valence-electron chi connectivity index (χ2n) is 6.67. The minimum absolute atomic E-state index is 0.0312. The highest BCUT2D eigenvalue weighted by Gasteiger charge is 2.36. The zero-order chi connectivity index (χ0) is 19.6. The SMILES string of the molecule is CNc1c(C2CCCNC2)cc(Nc2ccc(Br)c(C)n2)cc1C(F)(F)F. The Balaban J connectivity index is 2.06. The number of aryl methyl sites for hydroxylation is 1. The lowest BCUT2D eigenvalue weighted by Gasteiger charge is -2.28. The van der Waals surface area contributed by atoms with E-state index in [0.717, 1.165) is 35.6 Å². The highest BCUT2D eigenvalue weighted by atomic mass is 79.9. The van der Waals surface area contributed by atoms with Crippen molar-refractivity contribution in [2.75, 3.05) is 30.8 Å². The number of benzene rings is 1. The monoisotopic (exact) mass is 442 g/mol. The fourth-order valence-corrected chi connectivity index (χ4v) is 3.66. The molecule has 1 saturated heterocycles. The maximum Gasteiger partial charge on any atom is 0.418 e. The van der Waals surface area contributed by atoms with Crippen LogP contribution in [0.5, 0.6) is 0 Å². The van der Waals surface area contributed by atoms with Crippen molar-refractivity contribution >= 4 is 33.1 Å². The fourth-order valence-electron chi connectivity index (χ4n) is 3.44. The van der Waals surface area contributed by atoms with Crippen molar-refractivity contribution in [1.82, 2.24) is 10.3 Å². The van der Waals surface area contributed by atoms with Gasteiger partial charge in [-0.25, -0.2) is 4.98 Å². The van der Waals surface area contributed by atoms with Crippen molar-refractivity contribution in [1.29, 1.82) is 0 Å². The summed E-state index contributed by atoms with van der Waals surface area (Å²) in [4.78, 5) is 4.38. The van der Waals surface area contributed by atoms with Gasteiger partial charge in [0.1, 0.15) is 5.82 Å². The third kappa shape index (κ3) is 4.55. The first kappa shape index (κ1) is 19.9. The Kier molecular flexibility index (Phi) is 5.95. The van der Waals surface area contributed by atoms with E-state index >= 15 is 0 Å². The summed E-state index contributed by atoms with van der Waals surface area (Å²) in [5.41, 5.74) is 1.32.